The SMILES string of the molecule is CCCCS(=O)(=O)N1CCN(C(=O)c2ccc(C(C)(C)C)cc2)CC1. The number of amides is 1. The standard InChI is InChI=1S/C19H30N2O3S/c1-5-6-15-25(23,24)21-13-11-20(12-14-21)18(22)16-7-9-17(10-8-16)19(2,3)4/h7-10H,5-6,11-15H2,1-4H3. The van der Waals surface area contributed by atoms with E-state index < -0.39 is 10.0 Å². The molecule has 0 radical (unpaired) electrons. The highest BCUT2D eigenvalue weighted by Gasteiger charge is 2.28. The number of hydrogen-bond donors (Lipinski definition) is 0. The molecule has 1 aliphatic rings. The normalized spacial score (nSPS) is 16.9. The number of unbranched alkanes of at least 4 members (excludes halogenated alkanes) is 1. The monoisotopic (exact) mass is 366 g/mol. The Morgan fingerprint density at radius 2 is 1.60 bits per heavy atom. The van der Waals surface area contributed by atoms with Crippen LogP contribution in [0.2, 0.25) is 0 Å². The van der Waals surface area contributed by atoms with Crippen LogP contribution in [0.5, 0.6) is 0 Å². The maximum Gasteiger partial charge on any atom is 0.253 e. The zero-order valence-electron chi connectivity index (χ0n) is 15.8. The fourth-order valence-corrected chi connectivity index (χ4v) is 4.55. The second kappa shape index (κ2) is 7.87. The average Bonchev–Trinajstić information content (AvgIpc) is 2.59. The van der Waals surface area contributed by atoms with Gasteiger partial charge in [-0.2, -0.15) is 4.31 Å². The van der Waals surface area contributed by atoms with Crippen molar-refractivity contribution in [3.8, 4) is 0 Å². The van der Waals surface area contributed by atoms with Crippen molar-refractivity contribution in [3.05, 3.63) is 35.4 Å². The lowest BCUT2D eigenvalue weighted by atomic mass is 9.86. The first-order valence-electron chi connectivity index (χ1n) is 9.03. The van der Waals surface area contributed by atoms with Gasteiger partial charge in [-0.25, -0.2) is 8.42 Å². The lowest BCUT2D eigenvalue weighted by Crippen LogP contribution is -2.51. The molecule has 0 bridgehead atoms. The molecule has 1 amide bonds. The van der Waals surface area contributed by atoms with Gasteiger partial charge in [-0.05, 0) is 29.5 Å². The third kappa shape index (κ3) is 5.05. The summed E-state index contributed by atoms with van der Waals surface area (Å²) >= 11 is 0. The zero-order valence-corrected chi connectivity index (χ0v) is 16.6. The number of nitrogens with zero attached hydrogens (tertiary/aromatic N) is 2. The Kier molecular flexibility index (Phi) is 6.27. The second-order valence-electron chi connectivity index (χ2n) is 7.69. The highest BCUT2D eigenvalue weighted by Crippen LogP contribution is 2.22. The van der Waals surface area contributed by atoms with E-state index in [4.69, 9.17) is 0 Å². The third-order valence-corrected chi connectivity index (χ3v) is 6.63. The van der Waals surface area contributed by atoms with Gasteiger partial charge in [0, 0.05) is 31.7 Å². The number of hydrogen-bond acceptors (Lipinski definition) is 3. The third-order valence-electron chi connectivity index (χ3n) is 4.67. The quantitative estimate of drug-likeness (QED) is 0.805. The van der Waals surface area contributed by atoms with Crippen LogP contribution in [0.4, 0.5) is 0 Å². The fraction of sp³-hybridized carbons (Fsp3) is 0.632. The Balaban J connectivity index is 1.97. The number of benzene rings is 1. The van der Waals surface area contributed by atoms with Crippen LogP contribution in [0.3, 0.4) is 0 Å². The van der Waals surface area contributed by atoms with Crippen LogP contribution in [-0.2, 0) is 15.4 Å². The van der Waals surface area contributed by atoms with Crippen molar-refractivity contribution in [2.24, 2.45) is 0 Å². The minimum Gasteiger partial charge on any atom is -0.336 e. The highest BCUT2D eigenvalue weighted by molar-refractivity contribution is 7.89. The average molecular weight is 367 g/mol. The number of piperazine rings is 1. The highest BCUT2D eigenvalue weighted by atomic mass is 32.2. The molecule has 0 aliphatic carbocycles. The molecule has 1 aliphatic heterocycles. The van der Waals surface area contributed by atoms with Crippen molar-refractivity contribution in [3.63, 3.8) is 0 Å². The Morgan fingerprint density at radius 3 is 2.08 bits per heavy atom. The van der Waals surface area contributed by atoms with Gasteiger partial charge in [-0.15, -0.1) is 0 Å². The summed E-state index contributed by atoms with van der Waals surface area (Å²) in [5, 5.41) is 0. The summed E-state index contributed by atoms with van der Waals surface area (Å²) < 4.78 is 26.0. The summed E-state index contributed by atoms with van der Waals surface area (Å²) in [6.07, 6.45) is 1.55. The molecule has 25 heavy (non-hydrogen) atoms. The number of carbonyl (C=O) groups is 1. The van der Waals surface area contributed by atoms with Gasteiger partial charge >= 0.3 is 0 Å². The molecule has 140 valence electrons. The van der Waals surface area contributed by atoms with E-state index in [0.717, 1.165) is 6.42 Å². The van der Waals surface area contributed by atoms with Gasteiger partial charge in [0.25, 0.3) is 5.91 Å². The lowest BCUT2D eigenvalue weighted by Gasteiger charge is -2.34. The molecule has 1 heterocycles. The zero-order chi connectivity index (χ0) is 18.7. The van der Waals surface area contributed by atoms with Crippen molar-refractivity contribution in [1.29, 1.82) is 0 Å². The van der Waals surface area contributed by atoms with Crippen molar-refractivity contribution in [2.45, 2.75) is 46.0 Å². The van der Waals surface area contributed by atoms with Crippen LogP contribution in [0.25, 0.3) is 0 Å². The Morgan fingerprint density at radius 1 is 1.04 bits per heavy atom. The molecule has 0 N–H and O–H groups in total. The van der Waals surface area contributed by atoms with E-state index in [-0.39, 0.29) is 17.1 Å². The van der Waals surface area contributed by atoms with Crippen molar-refractivity contribution < 1.29 is 13.2 Å². The van der Waals surface area contributed by atoms with Crippen LogP contribution in [-0.4, -0.2) is 55.5 Å². The summed E-state index contributed by atoms with van der Waals surface area (Å²) in [7, 11) is -3.19. The molecule has 2 rings (SSSR count). The van der Waals surface area contributed by atoms with Gasteiger partial charge in [0.15, 0.2) is 0 Å². The number of sulfonamides is 1. The van der Waals surface area contributed by atoms with Crippen molar-refractivity contribution in [1.82, 2.24) is 9.21 Å². The lowest BCUT2D eigenvalue weighted by molar-refractivity contribution is 0.0698. The molecule has 1 aromatic rings. The van der Waals surface area contributed by atoms with Crippen LogP contribution in [0, 0.1) is 0 Å². The van der Waals surface area contributed by atoms with Gasteiger partial charge < -0.3 is 4.90 Å². The molecular formula is C19H30N2O3S. The molecule has 0 atom stereocenters. The van der Waals surface area contributed by atoms with Crippen LogP contribution in [0.1, 0.15) is 56.5 Å². The molecule has 0 spiro atoms. The minimum atomic E-state index is -3.19. The number of carbonyl (C=O) groups excluding carboxylic acids is 1. The molecule has 1 fully saturated rings. The van der Waals surface area contributed by atoms with E-state index in [1.165, 1.54) is 9.87 Å². The molecule has 5 nitrogen and oxygen atoms in total. The van der Waals surface area contributed by atoms with Gasteiger partial charge in [0.05, 0.1) is 5.75 Å². The molecular weight excluding hydrogens is 336 g/mol. The number of rotatable bonds is 5. The van der Waals surface area contributed by atoms with Crippen molar-refractivity contribution >= 4 is 15.9 Å². The van der Waals surface area contributed by atoms with E-state index >= 15 is 0 Å². The van der Waals surface area contributed by atoms with E-state index in [0.29, 0.717) is 38.2 Å². The largest absolute Gasteiger partial charge is 0.336 e. The van der Waals surface area contributed by atoms with Crippen molar-refractivity contribution in [2.75, 3.05) is 31.9 Å². The smallest absolute Gasteiger partial charge is 0.253 e. The van der Waals surface area contributed by atoms with Gasteiger partial charge in [0.2, 0.25) is 10.0 Å². The minimum absolute atomic E-state index is 0.0222. The van der Waals surface area contributed by atoms with E-state index in [2.05, 4.69) is 20.8 Å². The fourth-order valence-electron chi connectivity index (χ4n) is 2.92. The molecule has 1 aromatic carbocycles. The predicted octanol–water partition coefficient (Wildman–Crippen LogP) is 2.87. The Hall–Kier alpha value is -1.40. The van der Waals surface area contributed by atoms with Gasteiger partial charge in [-0.3, -0.25) is 4.79 Å². The first kappa shape index (κ1) is 19.9. The Bertz CT molecular complexity index is 682. The van der Waals surface area contributed by atoms with Crippen LogP contribution in [0.15, 0.2) is 24.3 Å². The van der Waals surface area contributed by atoms with Crippen LogP contribution < -0.4 is 0 Å². The second-order valence-corrected chi connectivity index (χ2v) is 9.78. The van der Waals surface area contributed by atoms with E-state index in [1.807, 2.05) is 31.2 Å². The maximum absolute atomic E-state index is 12.6. The molecule has 0 aromatic heterocycles. The van der Waals surface area contributed by atoms with Gasteiger partial charge in [-0.1, -0.05) is 46.2 Å². The van der Waals surface area contributed by atoms with Crippen LogP contribution >= 0.6 is 0 Å². The topological polar surface area (TPSA) is 57.7 Å². The first-order chi connectivity index (χ1) is 11.6. The summed E-state index contributed by atoms with van der Waals surface area (Å²) in [5.74, 6) is 0.178. The summed E-state index contributed by atoms with van der Waals surface area (Å²) in [4.78, 5) is 14.4. The molecule has 0 saturated carbocycles. The van der Waals surface area contributed by atoms with E-state index in [9.17, 15) is 13.2 Å². The Labute approximate surface area is 152 Å². The predicted molar refractivity (Wildman–Crippen MR) is 101 cm³/mol. The van der Waals surface area contributed by atoms with Gasteiger partial charge in [0.1, 0.15) is 0 Å². The summed E-state index contributed by atoms with van der Waals surface area (Å²) in [5.41, 5.74) is 1.91. The molecule has 6 heteroatoms. The summed E-state index contributed by atoms with van der Waals surface area (Å²) in [6.45, 7) is 10.1. The molecule has 1 saturated heterocycles. The summed E-state index contributed by atoms with van der Waals surface area (Å²) in [6, 6.07) is 7.73. The molecule has 0 unspecified atom stereocenters. The maximum atomic E-state index is 12.6. The first-order valence-corrected chi connectivity index (χ1v) is 10.6. The van der Waals surface area contributed by atoms with E-state index in [1.54, 1.807) is 4.90 Å².